The molecule has 1 unspecified atom stereocenters. The van der Waals surface area contributed by atoms with Gasteiger partial charge in [0.1, 0.15) is 0 Å². The summed E-state index contributed by atoms with van der Waals surface area (Å²) < 4.78 is 0.921. The van der Waals surface area contributed by atoms with Crippen LogP contribution in [-0.4, -0.2) is 0 Å². The van der Waals surface area contributed by atoms with E-state index in [0.717, 1.165) is 9.50 Å². The smallest absolute Gasteiger partial charge is 0.0548 e. The first-order chi connectivity index (χ1) is 8.49. The van der Waals surface area contributed by atoms with E-state index in [9.17, 15) is 0 Å². The Kier molecular flexibility index (Phi) is 4.49. The highest BCUT2D eigenvalue weighted by molar-refractivity contribution is 9.10. The lowest BCUT2D eigenvalue weighted by atomic mass is 10.0. The molecular formula is C14H15BrClNS. The van der Waals surface area contributed by atoms with Crippen molar-refractivity contribution in [2.75, 3.05) is 0 Å². The summed E-state index contributed by atoms with van der Waals surface area (Å²) in [4.78, 5) is 2.45. The maximum atomic E-state index is 6.16. The molecule has 1 heterocycles. The lowest BCUT2D eigenvalue weighted by molar-refractivity contribution is 0.521. The average Bonchev–Trinajstić information content (AvgIpc) is 2.81. The fourth-order valence-corrected chi connectivity index (χ4v) is 3.34. The Bertz CT molecular complexity index is 550. The van der Waals surface area contributed by atoms with Crippen LogP contribution in [-0.2, 0) is 0 Å². The van der Waals surface area contributed by atoms with Gasteiger partial charge in [-0.3, -0.25) is 0 Å². The lowest BCUT2D eigenvalue weighted by Crippen LogP contribution is -2.14. The van der Waals surface area contributed by atoms with E-state index in [1.54, 1.807) is 11.3 Å². The summed E-state index contributed by atoms with van der Waals surface area (Å²) in [6, 6.07) is 10.3. The average molecular weight is 345 g/mol. The van der Waals surface area contributed by atoms with Gasteiger partial charge in [-0.05, 0) is 51.7 Å². The second kappa shape index (κ2) is 5.74. The number of hydrogen-bond acceptors (Lipinski definition) is 2. The van der Waals surface area contributed by atoms with Crippen LogP contribution in [0.4, 0.5) is 0 Å². The molecule has 1 atom stereocenters. The van der Waals surface area contributed by atoms with Crippen LogP contribution in [0, 0.1) is 5.92 Å². The van der Waals surface area contributed by atoms with Gasteiger partial charge in [0.15, 0.2) is 0 Å². The van der Waals surface area contributed by atoms with Crippen LogP contribution in [0.1, 0.15) is 24.8 Å². The van der Waals surface area contributed by atoms with E-state index in [4.69, 9.17) is 17.3 Å². The van der Waals surface area contributed by atoms with Gasteiger partial charge in [-0.25, -0.2) is 0 Å². The van der Waals surface area contributed by atoms with E-state index in [1.807, 2.05) is 18.2 Å². The number of rotatable bonds is 3. The van der Waals surface area contributed by atoms with E-state index in [-0.39, 0.29) is 6.04 Å². The third-order valence-electron chi connectivity index (χ3n) is 2.88. The third kappa shape index (κ3) is 2.97. The van der Waals surface area contributed by atoms with Gasteiger partial charge in [0.05, 0.1) is 5.02 Å². The first-order valence-electron chi connectivity index (χ1n) is 5.79. The Morgan fingerprint density at radius 1 is 1.22 bits per heavy atom. The molecule has 18 heavy (non-hydrogen) atoms. The van der Waals surface area contributed by atoms with Crippen molar-refractivity contribution in [3.8, 4) is 10.4 Å². The van der Waals surface area contributed by atoms with E-state index < -0.39 is 0 Å². The molecule has 0 spiro atoms. The van der Waals surface area contributed by atoms with Crippen molar-refractivity contribution in [1.29, 1.82) is 0 Å². The van der Waals surface area contributed by atoms with Crippen molar-refractivity contribution in [2.45, 2.75) is 19.9 Å². The van der Waals surface area contributed by atoms with Crippen molar-refractivity contribution in [2.24, 2.45) is 11.7 Å². The molecule has 96 valence electrons. The standard InChI is InChI=1S/C14H15BrClNS/c1-8(2)14(17)13-6-5-12(18-13)9-3-4-11(16)10(15)7-9/h3-8,14H,17H2,1-2H3. The topological polar surface area (TPSA) is 26.0 Å². The van der Waals surface area contributed by atoms with Gasteiger partial charge < -0.3 is 5.73 Å². The highest BCUT2D eigenvalue weighted by Gasteiger charge is 2.13. The minimum Gasteiger partial charge on any atom is -0.323 e. The monoisotopic (exact) mass is 343 g/mol. The largest absolute Gasteiger partial charge is 0.323 e. The normalized spacial score (nSPS) is 13.0. The molecule has 2 N–H and O–H groups in total. The molecule has 0 saturated heterocycles. The highest BCUT2D eigenvalue weighted by Crippen LogP contribution is 2.35. The molecule has 0 aliphatic rings. The molecule has 2 rings (SSSR count). The SMILES string of the molecule is CC(C)C(N)c1ccc(-c2ccc(Cl)c(Br)c2)s1. The van der Waals surface area contributed by atoms with Crippen LogP contribution in [0.25, 0.3) is 10.4 Å². The summed E-state index contributed by atoms with van der Waals surface area (Å²) in [6.07, 6.45) is 0. The van der Waals surface area contributed by atoms with Crippen LogP contribution in [0.15, 0.2) is 34.8 Å². The number of halogens is 2. The first-order valence-corrected chi connectivity index (χ1v) is 7.78. The van der Waals surface area contributed by atoms with Crippen molar-refractivity contribution in [1.82, 2.24) is 0 Å². The third-order valence-corrected chi connectivity index (χ3v) is 5.33. The molecule has 1 nitrogen and oxygen atoms in total. The molecule has 0 saturated carbocycles. The van der Waals surface area contributed by atoms with Gasteiger partial charge in [0, 0.05) is 20.3 Å². The molecule has 0 amide bonds. The summed E-state index contributed by atoms with van der Waals surface area (Å²) in [7, 11) is 0. The quantitative estimate of drug-likeness (QED) is 0.783. The number of thiophene rings is 1. The minimum absolute atomic E-state index is 0.111. The van der Waals surface area contributed by atoms with E-state index >= 15 is 0 Å². The van der Waals surface area contributed by atoms with Crippen LogP contribution in [0.2, 0.25) is 5.02 Å². The fourth-order valence-electron chi connectivity index (χ4n) is 1.67. The van der Waals surface area contributed by atoms with Crippen molar-refractivity contribution in [3.63, 3.8) is 0 Å². The van der Waals surface area contributed by atoms with E-state index in [2.05, 4.69) is 41.9 Å². The second-order valence-electron chi connectivity index (χ2n) is 4.60. The Labute approximate surface area is 125 Å². The minimum atomic E-state index is 0.111. The molecule has 0 bridgehead atoms. The zero-order chi connectivity index (χ0) is 13.3. The molecular weight excluding hydrogens is 330 g/mol. The van der Waals surface area contributed by atoms with Gasteiger partial charge in [-0.15, -0.1) is 11.3 Å². The summed E-state index contributed by atoms with van der Waals surface area (Å²) in [5, 5.41) is 0.731. The Morgan fingerprint density at radius 2 is 1.94 bits per heavy atom. The lowest BCUT2D eigenvalue weighted by Gasteiger charge is -2.12. The summed E-state index contributed by atoms with van der Waals surface area (Å²) >= 11 is 11.2. The van der Waals surface area contributed by atoms with Crippen LogP contribution >= 0.6 is 38.9 Å². The van der Waals surface area contributed by atoms with E-state index in [0.29, 0.717) is 5.92 Å². The van der Waals surface area contributed by atoms with Gasteiger partial charge in [-0.2, -0.15) is 0 Å². The van der Waals surface area contributed by atoms with Crippen LogP contribution in [0.5, 0.6) is 0 Å². The Hall–Kier alpha value is -0.350. The molecule has 4 heteroatoms. The predicted octanol–water partition coefficient (Wildman–Crippen LogP) is 5.49. The predicted molar refractivity (Wildman–Crippen MR) is 84.2 cm³/mol. The molecule has 1 aromatic carbocycles. The Balaban J connectivity index is 2.32. The van der Waals surface area contributed by atoms with Gasteiger partial charge in [0.25, 0.3) is 0 Å². The number of nitrogens with two attached hydrogens (primary N) is 1. The molecule has 0 aliphatic carbocycles. The maximum absolute atomic E-state index is 6.16. The van der Waals surface area contributed by atoms with Crippen LogP contribution < -0.4 is 5.73 Å². The van der Waals surface area contributed by atoms with Gasteiger partial charge >= 0.3 is 0 Å². The number of hydrogen-bond donors (Lipinski definition) is 1. The van der Waals surface area contributed by atoms with Crippen LogP contribution in [0.3, 0.4) is 0 Å². The van der Waals surface area contributed by atoms with Crippen molar-refractivity contribution in [3.05, 3.63) is 44.7 Å². The molecule has 0 aliphatic heterocycles. The Morgan fingerprint density at radius 3 is 2.56 bits per heavy atom. The van der Waals surface area contributed by atoms with Gasteiger partial charge in [-0.1, -0.05) is 31.5 Å². The maximum Gasteiger partial charge on any atom is 0.0548 e. The number of benzene rings is 1. The highest BCUT2D eigenvalue weighted by atomic mass is 79.9. The van der Waals surface area contributed by atoms with E-state index in [1.165, 1.54) is 15.3 Å². The van der Waals surface area contributed by atoms with Crippen molar-refractivity contribution < 1.29 is 0 Å². The molecule has 0 fully saturated rings. The second-order valence-corrected chi connectivity index (χ2v) is 6.98. The first kappa shape index (κ1) is 14.1. The fraction of sp³-hybridized carbons (Fsp3) is 0.286. The summed E-state index contributed by atoms with van der Waals surface area (Å²) in [6.45, 7) is 4.28. The zero-order valence-corrected chi connectivity index (χ0v) is 13.4. The van der Waals surface area contributed by atoms with Crippen molar-refractivity contribution >= 4 is 38.9 Å². The molecule has 0 radical (unpaired) electrons. The van der Waals surface area contributed by atoms with Gasteiger partial charge in [0.2, 0.25) is 0 Å². The molecule has 2 aromatic rings. The summed E-state index contributed by atoms with van der Waals surface area (Å²) in [5.41, 5.74) is 7.33. The zero-order valence-electron chi connectivity index (χ0n) is 10.3. The summed E-state index contributed by atoms with van der Waals surface area (Å²) in [5.74, 6) is 0.452. The molecule has 1 aromatic heterocycles.